The third kappa shape index (κ3) is 4.65. The van der Waals surface area contributed by atoms with Crippen molar-refractivity contribution in [3.63, 3.8) is 0 Å². The van der Waals surface area contributed by atoms with E-state index in [2.05, 4.69) is 20.6 Å². The average Bonchev–Trinajstić information content (AvgIpc) is 2.70. The molecule has 7 N–H and O–H groups in total. The van der Waals surface area contributed by atoms with E-state index < -0.39 is 17.3 Å². The summed E-state index contributed by atoms with van der Waals surface area (Å²) < 4.78 is 14.0. The first-order chi connectivity index (χ1) is 14.3. The Morgan fingerprint density at radius 3 is 2.70 bits per heavy atom. The zero-order valence-corrected chi connectivity index (χ0v) is 16.6. The van der Waals surface area contributed by atoms with Gasteiger partial charge in [-0.15, -0.1) is 0 Å². The number of halogens is 1. The van der Waals surface area contributed by atoms with Gasteiger partial charge >= 0.3 is 0 Å². The summed E-state index contributed by atoms with van der Waals surface area (Å²) in [6.07, 6.45) is 3.86. The number of ketones is 1. The highest BCUT2D eigenvalue weighted by molar-refractivity contribution is 5.99. The Bertz CT molecular complexity index is 1020. The van der Waals surface area contributed by atoms with E-state index in [-0.39, 0.29) is 52.9 Å². The number of carbonyl (C=O) groups is 2. The van der Waals surface area contributed by atoms with Crippen molar-refractivity contribution in [2.45, 2.75) is 51.1 Å². The van der Waals surface area contributed by atoms with E-state index >= 15 is 0 Å². The van der Waals surface area contributed by atoms with Crippen molar-refractivity contribution >= 4 is 29.1 Å². The Hall–Kier alpha value is -3.27. The highest BCUT2D eigenvalue weighted by atomic mass is 19.1. The molecular formula is C20H25FN6O3. The fourth-order valence-corrected chi connectivity index (χ4v) is 3.52. The first-order valence-electron chi connectivity index (χ1n) is 9.86. The molecule has 1 amide bonds. The normalized spacial score (nSPS) is 18.6. The molecule has 1 aliphatic carbocycles. The first-order valence-corrected chi connectivity index (χ1v) is 9.86. The van der Waals surface area contributed by atoms with Crippen LogP contribution in [0.25, 0.3) is 0 Å². The number of H-pyrrole nitrogens is 1. The number of nitrogens with zero attached hydrogens (tertiary/aromatic N) is 1. The molecule has 9 nitrogen and oxygen atoms in total. The number of nitrogens with one attached hydrogen (secondary N) is 3. The van der Waals surface area contributed by atoms with Crippen molar-refractivity contribution in [2.75, 3.05) is 10.6 Å². The molecule has 0 unspecified atom stereocenters. The number of aromatic amines is 1. The lowest BCUT2D eigenvalue weighted by molar-refractivity contribution is 0.0980. The van der Waals surface area contributed by atoms with Crippen molar-refractivity contribution in [3.05, 3.63) is 45.5 Å². The van der Waals surface area contributed by atoms with Gasteiger partial charge in [0.25, 0.3) is 11.5 Å². The minimum Gasteiger partial charge on any atom is -0.365 e. The molecule has 3 rings (SSSR count). The number of rotatable bonds is 7. The van der Waals surface area contributed by atoms with Crippen LogP contribution in [0.4, 0.5) is 21.8 Å². The molecule has 0 bridgehead atoms. The number of Topliss-reactive ketones (excluding diaryl/α,β-unsaturated/α-hetero) is 1. The van der Waals surface area contributed by atoms with Crippen molar-refractivity contribution in [1.29, 1.82) is 0 Å². The van der Waals surface area contributed by atoms with Crippen LogP contribution in [0.3, 0.4) is 0 Å². The maximum absolute atomic E-state index is 14.0. The van der Waals surface area contributed by atoms with Crippen LogP contribution in [-0.4, -0.2) is 33.7 Å². The van der Waals surface area contributed by atoms with Crippen LogP contribution in [0.5, 0.6) is 0 Å². The Morgan fingerprint density at radius 2 is 2.03 bits per heavy atom. The Morgan fingerprint density at radius 1 is 1.30 bits per heavy atom. The number of hydrogen-bond acceptors (Lipinski definition) is 7. The highest BCUT2D eigenvalue weighted by Gasteiger charge is 2.24. The van der Waals surface area contributed by atoms with Crippen LogP contribution >= 0.6 is 0 Å². The van der Waals surface area contributed by atoms with Gasteiger partial charge in [-0.1, -0.05) is 19.8 Å². The molecule has 30 heavy (non-hydrogen) atoms. The van der Waals surface area contributed by atoms with Crippen LogP contribution in [0.15, 0.2) is 23.0 Å². The molecule has 160 valence electrons. The van der Waals surface area contributed by atoms with E-state index in [1.165, 1.54) is 12.1 Å². The molecule has 1 aliphatic rings. The van der Waals surface area contributed by atoms with E-state index in [4.69, 9.17) is 11.5 Å². The van der Waals surface area contributed by atoms with Gasteiger partial charge in [0.1, 0.15) is 11.4 Å². The van der Waals surface area contributed by atoms with Gasteiger partial charge in [-0.3, -0.25) is 19.4 Å². The van der Waals surface area contributed by atoms with Gasteiger partial charge in [-0.25, -0.2) is 4.39 Å². The Kier molecular flexibility index (Phi) is 6.46. The third-order valence-electron chi connectivity index (χ3n) is 5.16. The first kappa shape index (κ1) is 21.4. The second kappa shape index (κ2) is 9.04. The van der Waals surface area contributed by atoms with E-state index in [1.54, 1.807) is 6.92 Å². The molecule has 1 heterocycles. The SMILES string of the molecule is CCC(=O)c1cc(Nc2nc(N[C@H]3CCCC[C@@H]3N)[nH]c(=O)c2C(N)=O)ccc1F. The van der Waals surface area contributed by atoms with Crippen molar-refractivity contribution in [3.8, 4) is 0 Å². The third-order valence-corrected chi connectivity index (χ3v) is 5.16. The maximum Gasteiger partial charge on any atom is 0.267 e. The van der Waals surface area contributed by atoms with Gasteiger partial charge in [0, 0.05) is 24.2 Å². The molecule has 2 atom stereocenters. The summed E-state index contributed by atoms with van der Waals surface area (Å²) in [6.45, 7) is 1.62. The number of carbonyl (C=O) groups excluding carboxylic acids is 2. The van der Waals surface area contributed by atoms with Crippen LogP contribution in [0.1, 0.15) is 59.7 Å². The minimum absolute atomic E-state index is 0.0752. The quantitative estimate of drug-likeness (QED) is 0.432. The lowest BCUT2D eigenvalue weighted by Gasteiger charge is -2.29. The van der Waals surface area contributed by atoms with Crippen LogP contribution < -0.4 is 27.7 Å². The van der Waals surface area contributed by atoms with Crippen molar-refractivity contribution in [1.82, 2.24) is 9.97 Å². The molecule has 1 aromatic carbocycles. The number of hydrogen-bond donors (Lipinski definition) is 5. The van der Waals surface area contributed by atoms with E-state index in [0.717, 1.165) is 31.7 Å². The van der Waals surface area contributed by atoms with Gasteiger partial charge < -0.3 is 22.1 Å². The monoisotopic (exact) mass is 416 g/mol. The minimum atomic E-state index is -0.973. The fourth-order valence-electron chi connectivity index (χ4n) is 3.52. The van der Waals surface area contributed by atoms with Gasteiger partial charge in [0.05, 0.1) is 5.56 Å². The predicted molar refractivity (Wildman–Crippen MR) is 112 cm³/mol. The number of benzene rings is 1. The molecule has 1 saturated carbocycles. The van der Waals surface area contributed by atoms with Gasteiger partial charge in [-0.05, 0) is 31.0 Å². The molecule has 2 aromatic rings. The number of primary amides is 1. The second-order valence-electron chi connectivity index (χ2n) is 7.30. The predicted octanol–water partition coefficient (Wildman–Crippen LogP) is 2.03. The summed E-state index contributed by atoms with van der Waals surface area (Å²) in [6, 6.07) is 3.64. The Labute approximate surface area is 172 Å². The summed E-state index contributed by atoms with van der Waals surface area (Å²) in [4.78, 5) is 43.0. The molecule has 1 fully saturated rings. The molecule has 0 saturated heterocycles. The molecule has 10 heteroatoms. The molecule has 0 aliphatic heterocycles. The summed E-state index contributed by atoms with van der Waals surface area (Å²) in [5.74, 6) is -1.96. The molecule has 0 radical (unpaired) electrons. The Balaban J connectivity index is 1.96. The highest BCUT2D eigenvalue weighted by Crippen LogP contribution is 2.23. The van der Waals surface area contributed by atoms with Gasteiger partial charge in [-0.2, -0.15) is 4.98 Å². The molecule has 0 spiro atoms. The van der Waals surface area contributed by atoms with E-state index in [9.17, 15) is 18.8 Å². The lowest BCUT2D eigenvalue weighted by atomic mass is 9.91. The standard InChI is InChI=1S/C20H25FN6O3/c1-2-15(28)11-9-10(7-8-12(11)21)24-18-16(17(23)29)19(30)27-20(26-18)25-14-6-4-3-5-13(14)22/h7-9,13-14H,2-6,22H2,1H3,(H2,23,29)(H3,24,25,26,27,30)/t13-,14-/m0/s1. The number of amides is 1. The smallest absolute Gasteiger partial charge is 0.267 e. The van der Waals surface area contributed by atoms with Crippen LogP contribution in [-0.2, 0) is 0 Å². The van der Waals surface area contributed by atoms with Crippen molar-refractivity contribution < 1.29 is 14.0 Å². The largest absolute Gasteiger partial charge is 0.365 e. The van der Waals surface area contributed by atoms with Crippen LogP contribution in [0.2, 0.25) is 0 Å². The van der Waals surface area contributed by atoms with E-state index in [1.807, 2.05) is 0 Å². The summed E-state index contributed by atoms with van der Waals surface area (Å²) in [5, 5.41) is 5.92. The topological polar surface area (TPSA) is 156 Å². The number of nitrogens with two attached hydrogens (primary N) is 2. The van der Waals surface area contributed by atoms with Crippen molar-refractivity contribution in [2.24, 2.45) is 11.5 Å². The number of aromatic nitrogens is 2. The number of anilines is 3. The zero-order valence-electron chi connectivity index (χ0n) is 16.6. The molecular weight excluding hydrogens is 391 g/mol. The van der Waals surface area contributed by atoms with Gasteiger partial charge in [0.15, 0.2) is 11.6 Å². The zero-order chi connectivity index (χ0) is 21.8. The molecule has 1 aromatic heterocycles. The van der Waals surface area contributed by atoms with E-state index in [0.29, 0.717) is 0 Å². The lowest BCUT2D eigenvalue weighted by Crippen LogP contribution is -2.43. The second-order valence-corrected chi connectivity index (χ2v) is 7.30. The summed E-state index contributed by atoms with van der Waals surface area (Å²) >= 11 is 0. The fraction of sp³-hybridized carbons (Fsp3) is 0.400. The summed E-state index contributed by atoms with van der Waals surface area (Å²) in [5.41, 5.74) is 10.6. The maximum atomic E-state index is 14.0. The summed E-state index contributed by atoms with van der Waals surface area (Å²) in [7, 11) is 0. The van der Waals surface area contributed by atoms with Gasteiger partial charge in [0.2, 0.25) is 5.95 Å². The van der Waals surface area contributed by atoms with Crippen LogP contribution in [0, 0.1) is 5.82 Å². The average molecular weight is 416 g/mol.